The van der Waals surface area contributed by atoms with E-state index in [4.69, 9.17) is 5.11 Å². The Bertz CT molecular complexity index is 504. The standard InChI is InChI=1S/C11H12BrNO4S/c1-2-13-10(14)6-18(17)9-5-7(12)3-4-8(9)11(15)16/h3-5H,2,6H2,1H3,(H,13,14)(H,15,16). The van der Waals surface area contributed by atoms with Crippen LogP contribution in [-0.4, -0.2) is 33.5 Å². The van der Waals surface area contributed by atoms with E-state index in [1.807, 2.05) is 0 Å². The Morgan fingerprint density at radius 3 is 2.67 bits per heavy atom. The van der Waals surface area contributed by atoms with Crippen molar-refractivity contribution in [3.05, 3.63) is 28.2 Å². The van der Waals surface area contributed by atoms with Gasteiger partial charge in [0.2, 0.25) is 5.91 Å². The second-order valence-corrected chi connectivity index (χ2v) is 5.72. The molecule has 0 fully saturated rings. The van der Waals surface area contributed by atoms with E-state index in [1.54, 1.807) is 13.0 Å². The molecule has 1 aromatic carbocycles. The molecule has 0 saturated heterocycles. The molecule has 0 saturated carbocycles. The molecule has 0 radical (unpaired) electrons. The van der Waals surface area contributed by atoms with Gasteiger partial charge >= 0.3 is 5.97 Å². The third kappa shape index (κ3) is 3.92. The van der Waals surface area contributed by atoms with Crippen molar-refractivity contribution in [3.8, 4) is 0 Å². The van der Waals surface area contributed by atoms with Crippen molar-refractivity contribution < 1.29 is 18.9 Å². The summed E-state index contributed by atoms with van der Waals surface area (Å²) >= 11 is 3.18. The van der Waals surface area contributed by atoms with E-state index in [1.165, 1.54) is 12.1 Å². The Balaban J connectivity index is 3.00. The number of aromatic carboxylic acids is 1. The van der Waals surface area contributed by atoms with Gasteiger partial charge in [-0.3, -0.25) is 9.00 Å². The number of carboxylic acid groups (broad SMARTS) is 1. The first-order chi connectivity index (χ1) is 8.45. The Kier molecular flexibility index (Phi) is 5.49. The van der Waals surface area contributed by atoms with Crippen LogP contribution in [0.3, 0.4) is 0 Å². The topological polar surface area (TPSA) is 83.5 Å². The van der Waals surface area contributed by atoms with Crippen molar-refractivity contribution in [1.29, 1.82) is 0 Å². The Labute approximate surface area is 115 Å². The Hall–Kier alpha value is -1.21. The van der Waals surface area contributed by atoms with Crippen molar-refractivity contribution in [1.82, 2.24) is 5.32 Å². The zero-order valence-corrected chi connectivity index (χ0v) is 12.0. The molecule has 0 aliphatic carbocycles. The minimum atomic E-state index is -1.68. The molecule has 1 atom stereocenters. The maximum Gasteiger partial charge on any atom is 0.336 e. The van der Waals surface area contributed by atoms with E-state index >= 15 is 0 Å². The summed E-state index contributed by atoms with van der Waals surface area (Å²) in [5.41, 5.74) is -0.0548. The molecular weight excluding hydrogens is 322 g/mol. The Morgan fingerprint density at radius 1 is 1.44 bits per heavy atom. The number of benzene rings is 1. The van der Waals surface area contributed by atoms with E-state index in [-0.39, 0.29) is 22.1 Å². The van der Waals surface area contributed by atoms with Gasteiger partial charge in [-0.15, -0.1) is 0 Å². The first-order valence-electron chi connectivity index (χ1n) is 5.13. The zero-order chi connectivity index (χ0) is 13.7. The molecule has 1 unspecified atom stereocenters. The number of carbonyl (C=O) groups excluding carboxylic acids is 1. The molecule has 1 rings (SSSR count). The van der Waals surface area contributed by atoms with E-state index < -0.39 is 16.8 Å². The number of nitrogens with one attached hydrogen (secondary N) is 1. The van der Waals surface area contributed by atoms with E-state index in [0.717, 1.165) is 0 Å². The molecule has 18 heavy (non-hydrogen) atoms. The summed E-state index contributed by atoms with van der Waals surface area (Å²) in [6.45, 7) is 2.20. The highest BCUT2D eigenvalue weighted by Gasteiger charge is 2.17. The van der Waals surface area contributed by atoms with Crippen molar-refractivity contribution in [2.45, 2.75) is 11.8 Å². The van der Waals surface area contributed by atoms with Gasteiger partial charge in [-0.1, -0.05) is 15.9 Å². The molecular formula is C11H12BrNO4S. The van der Waals surface area contributed by atoms with E-state index in [2.05, 4.69) is 21.2 Å². The average molecular weight is 334 g/mol. The van der Waals surface area contributed by atoms with Crippen LogP contribution in [0, 0.1) is 0 Å². The molecule has 0 aliphatic rings. The fourth-order valence-electron chi connectivity index (χ4n) is 1.31. The summed E-state index contributed by atoms with van der Waals surface area (Å²) < 4.78 is 12.6. The summed E-state index contributed by atoms with van der Waals surface area (Å²) in [4.78, 5) is 22.5. The minimum Gasteiger partial charge on any atom is -0.478 e. The molecule has 5 nitrogen and oxygen atoms in total. The first-order valence-corrected chi connectivity index (χ1v) is 7.24. The molecule has 2 N–H and O–H groups in total. The van der Waals surface area contributed by atoms with Crippen molar-refractivity contribution in [2.75, 3.05) is 12.3 Å². The molecule has 1 aromatic rings. The van der Waals surface area contributed by atoms with Crippen LogP contribution < -0.4 is 5.32 Å². The third-order valence-electron chi connectivity index (χ3n) is 2.06. The van der Waals surface area contributed by atoms with E-state index in [9.17, 15) is 13.8 Å². The zero-order valence-electron chi connectivity index (χ0n) is 9.60. The van der Waals surface area contributed by atoms with Crippen LogP contribution in [0.2, 0.25) is 0 Å². The first kappa shape index (κ1) is 14.8. The third-order valence-corrected chi connectivity index (χ3v) is 3.90. The highest BCUT2D eigenvalue weighted by atomic mass is 79.9. The van der Waals surface area contributed by atoms with Gasteiger partial charge in [0.25, 0.3) is 0 Å². The number of hydrogen-bond donors (Lipinski definition) is 2. The summed E-state index contributed by atoms with van der Waals surface area (Å²) in [6, 6.07) is 4.37. The molecule has 0 aromatic heterocycles. The molecule has 0 heterocycles. The van der Waals surface area contributed by atoms with Crippen LogP contribution in [0.4, 0.5) is 0 Å². The lowest BCUT2D eigenvalue weighted by Gasteiger charge is -2.07. The SMILES string of the molecule is CCNC(=O)CS(=O)c1cc(Br)ccc1C(=O)O. The van der Waals surface area contributed by atoms with Gasteiger partial charge in [0.05, 0.1) is 21.3 Å². The predicted molar refractivity (Wildman–Crippen MR) is 71.1 cm³/mol. The largest absolute Gasteiger partial charge is 0.478 e. The average Bonchev–Trinajstić information content (AvgIpc) is 2.28. The summed E-state index contributed by atoms with van der Waals surface area (Å²) in [6.07, 6.45) is 0. The fourth-order valence-corrected chi connectivity index (χ4v) is 2.97. The van der Waals surface area contributed by atoms with Gasteiger partial charge in [0.15, 0.2) is 0 Å². The molecule has 7 heteroatoms. The molecule has 0 spiro atoms. The quantitative estimate of drug-likeness (QED) is 0.852. The highest BCUT2D eigenvalue weighted by molar-refractivity contribution is 9.10. The van der Waals surface area contributed by atoms with Crippen LogP contribution in [0.15, 0.2) is 27.6 Å². The molecule has 0 aliphatic heterocycles. The fraction of sp³-hybridized carbons (Fsp3) is 0.273. The summed E-state index contributed by atoms with van der Waals surface area (Å²) in [7, 11) is -1.68. The highest BCUT2D eigenvalue weighted by Crippen LogP contribution is 2.20. The smallest absolute Gasteiger partial charge is 0.336 e. The van der Waals surface area contributed by atoms with Gasteiger partial charge in [-0.2, -0.15) is 0 Å². The van der Waals surface area contributed by atoms with Gasteiger partial charge in [0.1, 0.15) is 5.75 Å². The van der Waals surface area contributed by atoms with Gasteiger partial charge in [0, 0.05) is 11.0 Å². The van der Waals surface area contributed by atoms with Crippen LogP contribution >= 0.6 is 15.9 Å². The lowest BCUT2D eigenvalue weighted by Crippen LogP contribution is -2.28. The number of halogens is 1. The van der Waals surface area contributed by atoms with Crippen LogP contribution in [0.1, 0.15) is 17.3 Å². The predicted octanol–water partition coefficient (Wildman–Crippen LogP) is 1.39. The second-order valence-electron chi connectivity index (χ2n) is 3.39. The number of carboxylic acids is 1. The van der Waals surface area contributed by atoms with Crippen LogP contribution in [0.5, 0.6) is 0 Å². The van der Waals surface area contributed by atoms with Gasteiger partial charge in [-0.25, -0.2) is 4.79 Å². The molecule has 1 amide bonds. The van der Waals surface area contributed by atoms with Gasteiger partial charge < -0.3 is 10.4 Å². The van der Waals surface area contributed by atoms with Gasteiger partial charge in [-0.05, 0) is 25.1 Å². The lowest BCUT2D eigenvalue weighted by atomic mass is 10.2. The van der Waals surface area contributed by atoms with Crippen LogP contribution in [0.25, 0.3) is 0 Å². The number of hydrogen-bond acceptors (Lipinski definition) is 3. The number of rotatable bonds is 5. The lowest BCUT2D eigenvalue weighted by molar-refractivity contribution is -0.118. The van der Waals surface area contributed by atoms with Crippen LogP contribution in [-0.2, 0) is 15.6 Å². The number of amides is 1. The van der Waals surface area contributed by atoms with E-state index in [0.29, 0.717) is 11.0 Å². The van der Waals surface area contributed by atoms with Crippen molar-refractivity contribution in [2.24, 2.45) is 0 Å². The second kappa shape index (κ2) is 6.65. The summed E-state index contributed by atoms with van der Waals surface area (Å²) in [5, 5.41) is 11.5. The van der Waals surface area contributed by atoms with Crippen molar-refractivity contribution in [3.63, 3.8) is 0 Å². The molecule has 0 bridgehead atoms. The Morgan fingerprint density at radius 2 is 2.11 bits per heavy atom. The molecule has 98 valence electrons. The normalized spacial score (nSPS) is 11.9. The summed E-state index contributed by atoms with van der Waals surface area (Å²) in [5.74, 6) is -1.78. The minimum absolute atomic E-state index is 0.0548. The number of carbonyl (C=O) groups is 2. The maximum absolute atomic E-state index is 12.0. The van der Waals surface area contributed by atoms with Crippen molar-refractivity contribution >= 4 is 38.6 Å². The maximum atomic E-state index is 12.0. The monoisotopic (exact) mass is 333 g/mol.